The quantitative estimate of drug-likeness (QED) is 0.556. The Morgan fingerprint density at radius 2 is 1.95 bits per heavy atom. The van der Waals surface area contributed by atoms with Crippen molar-refractivity contribution in [3.05, 3.63) is 64.4 Å². The third kappa shape index (κ3) is 2.72. The fraction of sp³-hybridized carbons (Fsp3) is 0.167. The van der Waals surface area contributed by atoms with Crippen LogP contribution in [0.1, 0.15) is 28.1 Å². The number of benzene rings is 2. The Kier molecular flexibility index (Phi) is 3.90. The molecule has 22 heavy (non-hydrogen) atoms. The Morgan fingerprint density at radius 3 is 2.68 bits per heavy atom. The zero-order valence-electron chi connectivity index (χ0n) is 12.2. The first-order valence-corrected chi connectivity index (χ1v) is 7.49. The van der Waals surface area contributed by atoms with Gasteiger partial charge in [-0.1, -0.05) is 41.9 Å². The second-order valence-electron chi connectivity index (χ2n) is 5.31. The molecule has 2 aromatic carbocycles. The van der Waals surface area contributed by atoms with Gasteiger partial charge >= 0.3 is 0 Å². The van der Waals surface area contributed by atoms with Gasteiger partial charge in [0.05, 0.1) is 11.3 Å². The fourth-order valence-corrected chi connectivity index (χ4v) is 2.91. The van der Waals surface area contributed by atoms with Crippen molar-refractivity contribution in [2.75, 3.05) is 5.73 Å². The van der Waals surface area contributed by atoms with E-state index in [9.17, 15) is 4.79 Å². The molecule has 0 aliphatic rings. The molecule has 0 aliphatic heterocycles. The first-order valence-electron chi connectivity index (χ1n) is 7.11. The number of nitrogens with two attached hydrogens (primary N) is 1. The summed E-state index contributed by atoms with van der Waals surface area (Å²) in [6, 6.07) is 13.3. The van der Waals surface area contributed by atoms with E-state index in [0.29, 0.717) is 45.8 Å². The van der Waals surface area contributed by atoms with Crippen molar-refractivity contribution >= 4 is 34.0 Å². The number of rotatable bonds is 4. The normalized spacial score (nSPS) is 11.0. The van der Waals surface area contributed by atoms with Gasteiger partial charge < -0.3 is 10.2 Å². The lowest BCUT2D eigenvalue weighted by Crippen LogP contribution is -2.02. The average molecular weight is 314 g/mol. The summed E-state index contributed by atoms with van der Waals surface area (Å²) in [5.74, 6) is 0.629. The highest BCUT2D eigenvalue weighted by molar-refractivity contribution is 6.32. The number of halogens is 1. The Balaban J connectivity index is 1.92. The van der Waals surface area contributed by atoms with Gasteiger partial charge in [-0.2, -0.15) is 0 Å². The van der Waals surface area contributed by atoms with E-state index in [4.69, 9.17) is 21.8 Å². The first-order chi connectivity index (χ1) is 10.6. The van der Waals surface area contributed by atoms with Crippen LogP contribution in [0.25, 0.3) is 11.0 Å². The molecule has 3 aromatic rings. The van der Waals surface area contributed by atoms with E-state index in [2.05, 4.69) is 0 Å². The monoisotopic (exact) mass is 313 g/mol. The van der Waals surface area contributed by atoms with Crippen molar-refractivity contribution in [3.63, 3.8) is 0 Å². The molecular formula is C18H16ClNO2. The van der Waals surface area contributed by atoms with Crippen LogP contribution in [-0.4, -0.2) is 5.78 Å². The number of carbonyl (C=O) groups excluding carboxylic acids is 1. The summed E-state index contributed by atoms with van der Waals surface area (Å²) in [5, 5.41) is 1.20. The molecule has 3 nitrogen and oxygen atoms in total. The van der Waals surface area contributed by atoms with Crippen LogP contribution in [0.3, 0.4) is 0 Å². The first kappa shape index (κ1) is 14.7. The van der Waals surface area contributed by atoms with E-state index in [0.717, 1.165) is 5.56 Å². The van der Waals surface area contributed by atoms with Crippen molar-refractivity contribution in [1.82, 2.24) is 0 Å². The molecule has 0 fully saturated rings. The van der Waals surface area contributed by atoms with Crippen molar-refractivity contribution in [2.45, 2.75) is 19.8 Å². The second kappa shape index (κ2) is 5.85. The van der Waals surface area contributed by atoms with E-state index in [-0.39, 0.29) is 5.78 Å². The van der Waals surface area contributed by atoms with Gasteiger partial charge in [-0.3, -0.25) is 4.79 Å². The molecule has 0 atom stereocenters. The predicted octanol–water partition coefficient (Wildman–Crippen LogP) is 4.79. The smallest absolute Gasteiger partial charge is 0.167 e. The lowest BCUT2D eigenvalue weighted by Gasteiger charge is -2.02. The average Bonchev–Trinajstić information content (AvgIpc) is 2.82. The summed E-state index contributed by atoms with van der Waals surface area (Å²) in [5.41, 5.74) is 8.62. The molecule has 112 valence electrons. The van der Waals surface area contributed by atoms with E-state index >= 15 is 0 Å². The number of fused-ring (bicyclic) bond motifs is 1. The molecule has 0 saturated heterocycles. The molecule has 1 heterocycles. The molecule has 0 spiro atoms. The molecule has 0 unspecified atom stereocenters. The largest absolute Gasteiger partial charge is 0.458 e. The van der Waals surface area contributed by atoms with E-state index in [1.807, 2.05) is 30.3 Å². The van der Waals surface area contributed by atoms with Crippen LogP contribution in [-0.2, 0) is 6.42 Å². The van der Waals surface area contributed by atoms with Crippen molar-refractivity contribution < 1.29 is 9.21 Å². The SMILES string of the molecule is Cc1oc2c(N)cc(Cl)cc2c1C(=O)CCc1ccccc1. The van der Waals surface area contributed by atoms with Crippen LogP contribution in [0.15, 0.2) is 46.9 Å². The van der Waals surface area contributed by atoms with Crippen LogP contribution in [0.4, 0.5) is 5.69 Å². The minimum atomic E-state index is 0.0433. The highest BCUT2D eigenvalue weighted by Gasteiger charge is 2.19. The maximum Gasteiger partial charge on any atom is 0.167 e. The molecule has 0 saturated carbocycles. The third-order valence-electron chi connectivity index (χ3n) is 3.72. The summed E-state index contributed by atoms with van der Waals surface area (Å²) in [6.07, 6.45) is 1.12. The highest BCUT2D eigenvalue weighted by atomic mass is 35.5. The molecule has 0 radical (unpaired) electrons. The minimum Gasteiger partial charge on any atom is -0.458 e. The van der Waals surface area contributed by atoms with Crippen LogP contribution in [0.2, 0.25) is 5.02 Å². The number of nitrogen functional groups attached to an aromatic ring is 1. The summed E-state index contributed by atoms with van der Waals surface area (Å²) in [4.78, 5) is 12.6. The zero-order chi connectivity index (χ0) is 15.7. The predicted molar refractivity (Wildman–Crippen MR) is 89.5 cm³/mol. The Labute approximate surface area is 133 Å². The molecule has 0 aliphatic carbocycles. The van der Waals surface area contributed by atoms with Crippen molar-refractivity contribution in [1.29, 1.82) is 0 Å². The van der Waals surface area contributed by atoms with Crippen molar-refractivity contribution in [3.8, 4) is 0 Å². The maximum atomic E-state index is 12.6. The van der Waals surface area contributed by atoms with Crippen LogP contribution >= 0.6 is 11.6 Å². The van der Waals surface area contributed by atoms with E-state index in [1.54, 1.807) is 19.1 Å². The van der Waals surface area contributed by atoms with Crippen LogP contribution < -0.4 is 5.73 Å². The molecule has 2 N–H and O–H groups in total. The Hall–Kier alpha value is -2.26. The van der Waals surface area contributed by atoms with Gasteiger partial charge in [-0.05, 0) is 31.0 Å². The van der Waals surface area contributed by atoms with Gasteiger partial charge in [0, 0.05) is 16.8 Å². The number of aryl methyl sites for hydroxylation is 2. The number of carbonyl (C=O) groups is 1. The molecule has 4 heteroatoms. The lowest BCUT2D eigenvalue weighted by molar-refractivity contribution is 0.0983. The topological polar surface area (TPSA) is 56.2 Å². The highest BCUT2D eigenvalue weighted by Crippen LogP contribution is 2.33. The lowest BCUT2D eigenvalue weighted by atomic mass is 10.0. The van der Waals surface area contributed by atoms with Gasteiger partial charge in [0.2, 0.25) is 0 Å². The van der Waals surface area contributed by atoms with Crippen LogP contribution in [0, 0.1) is 6.92 Å². The Bertz CT molecular complexity index is 837. The third-order valence-corrected chi connectivity index (χ3v) is 3.94. The summed E-state index contributed by atoms with van der Waals surface area (Å²) in [7, 11) is 0. The maximum absolute atomic E-state index is 12.6. The van der Waals surface area contributed by atoms with Crippen LogP contribution in [0.5, 0.6) is 0 Å². The van der Waals surface area contributed by atoms with Gasteiger partial charge in [0.15, 0.2) is 11.4 Å². The number of hydrogen-bond donors (Lipinski definition) is 1. The number of Topliss-reactive ketones (excluding diaryl/α,β-unsaturated/α-hetero) is 1. The number of anilines is 1. The minimum absolute atomic E-state index is 0.0433. The summed E-state index contributed by atoms with van der Waals surface area (Å²) in [6.45, 7) is 1.78. The van der Waals surface area contributed by atoms with Gasteiger partial charge in [-0.25, -0.2) is 0 Å². The van der Waals surface area contributed by atoms with Gasteiger partial charge in [0.1, 0.15) is 5.76 Å². The molecule has 0 bridgehead atoms. The second-order valence-corrected chi connectivity index (χ2v) is 5.75. The van der Waals surface area contributed by atoms with Gasteiger partial charge in [0.25, 0.3) is 0 Å². The summed E-state index contributed by atoms with van der Waals surface area (Å²) < 4.78 is 5.65. The summed E-state index contributed by atoms with van der Waals surface area (Å²) >= 11 is 6.05. The molecule has 0 amide bonds. The number of hydrogen-bond acceptors (Lipinski definition) is 3. The van der Waals surface area contributed by atoms with Crippen molar-refractivity contribution in [2.24, 2.45) is 0 Å². The molecule has 1 aromatic heterocycles. The van der Waals surface area contributed by atoms with E-state index in [1.165, 1.54) is 0 Å². The number of furan rings is 1. The molecule has 3 rings (SSSR count). The van der Waals surface area contributed by atoms with E-state index < -0.39 is 0 Å². The number of ketones is 1. The standard InChI is InChI=1S/C18H16ClNO2/c1-11-17(14-9-13(19)10-15(20)18(14)22-11)16(21)8-7-12-5-3-2-4-6-12/h2-6,9-10H,7-8,20H2,1H3. The Morgan fingerprint density at radius 1 is 1.23 bits per heavy atom. The fourth-order valence-electron chi connectivity index (χ4n) is 2.68. The molecular weight excluding hydrogens is 298 g/mol. The van der Waals surface area contributed by atoms with Gasteiger partial charge in [-0.15, -0.1) is 0 Å². The zero-order valence-corrected chi connectivity index (χ0v) is 13.0.